The Bertz CT molecular complexity index is 961. The Labute approximate surface area is 165 Å². The summed E-state index contributed by atoms with van der Waals surface area (Å²) in [6.07, 6.45) is 1.51. The van der Waals surface area contributed by atoms with Gasteiger partial charge in [0.15, 0.2) is 0 Å². The molecule has 144 valence electrons. The second-order valence-electron chi connectivity index (χ2n) is 7.52. The number of aliphatic hydroxyl groups excluding tert-OH is 1. The van der Waals surface area contributed by atoms with Gasteiger partial charge in [-0.15, -0.1) is 0 Å². The monoisotopic (exact) mass is 374 g/mol. The van der Waals surface area contributed by atoms with Crippen molar-refractivity contribution in [1.29, 1.82) is 0 Å². The highest BCUT2D eigenvalue weighted by Crippen LogP contribution is 2.18. The van der Waals surface area contributed by atoms with E-state index in [0.717, 1.165) is 48.8 Å². The molecule has 28 heavy (non-hydrogen) atoms. The van der Waals surface area contributed by atoms with Crippen LogP contribution in [-0.4, -0.2) is 35.1 Å². The molecule has 0 radical (unpaired) electrons. The molecule has 1 fully saturated rings. The van der Waals surface area contributed by atoms with E-state index in [1.165, 1.54) is 5.56 Å². The molecule has 0 unspecified atom stereocenters. The topological polar surface area (TPSA) is 52.6 Å². The lowest BCUT2D eigenvalue weighted by atomic mass is 10.0. The Morgan fingerprint density at radius 1 is 0.929 bits per heavy atom. The van der Waals surface area contributed by atoms with Gasteiger partial charge < -0.3 is 10.4 Å². The number of nitrogens with zero attached hydrogens (tertiary/aromatic N) is 1. The third-order valence-corrected chi connectivity index (χ3v) is 5.52. The van der Waals surface area contributed by atoms with Crippen molar-refractivity contribution in [3.05, 3.63) is 83.4 Å². The highest BCUT2D eigenvalue weighted by molar-refractivity contribution is 5.98. The predicted octanol–water partition coefficient (Wildman–Crippen LogP) is 3.73. The van der Waals surface area contributed by atoms with Crippen LogP contribution in [0.1, 0.15) is 34.3 Å². The first-order valence-corrected chi connectivity index (χ1v) is 9.93. The summed E-state index contributed by atoms with van der Waals surface area (Å²) in [5.74, 6) is -0.0540. The predicted molar refractivity (Wildman–Crippen MR) is 112 cm³/mol. The fourth-order valence-corrected chi connectivity index (χ4v) is 3.81. The molecular formula is C24H26N2O2. The average Bonchev–Trinajstić information content (AvgIpc) is 2.74. The molecule has 4 rings (SSSR count). The number of piperidine rings is 1. The maximum atomic E-state index is 12.6. The molecule has 0 atom stereocenters. The number of nitrogens with one attached hydrogen (secondary N) is 1. The van der Waals surface area contributed by atoms with Crippen LogP contribution in [0.2, 0.25) is 0 Å². The minimum atomic E-state index is -0.160. The molecule has 1 amide bonds. The van der Waals surface area contributed by atoms with Crippen LogP contribution in [0.15, 0.2) is 66.7 Å². The quantitative estimate of drug-likeness (QED) is 0.716. The number of hydrogen-bond acceptors (Lipinski definition) is 3. The molecule has 1 aliphatic heterocycles. The van der Waals surface area contributed by atoms with E-state index in [-0.39, 0.29) is 12.0 Å². The van der Waals surface area contributed by atoms with E-state index in [1.807, 2.05) is 54.6 Å². The number of benzene rings is 3. The van der Waals surface area contributed by atoms with Crippen molar-refractivity contribution in [2.24, 2.45) is 0 Å². The number of fused-ring (bicyclic) bond motifs is 1. The third-order valence-electron chi connectivity index (χ3n) is 5.52. The highest BCUT2D eigenvalue weighted by atomic mass is 16.3. The normalized spacial score (nSPS) is 15.6. The average molecular weight is 374 g/mol. The molecule has 0 bridgehead atoms. The smallest absolute Gasteiger partial charge is 0.251 e. The van der Waals surface area contributed by atoms with Crippen LogP contribution >= 0.6 is 0 Å². The molecule has 4 heteroatoms. The lowest BCUT2D eigenvalue weighted by Crippen LogP contribution is -2.35. The zero-order valence-corrected chi connectivity index (χ0v) is 16.0. The van der Waals surface area contributed by atoms with E-state index in [0.29, 0.717) is 12.1 Å². The molecule has 0 spiro atoms. The summed E-state index contributed by atoms with van der Waals surface area (Å²) < 4.78 is 0. The lowest BCUT2D eigenvalue weighted by Gasteiger charge is -2.30. The molecule has 4 nitrogen and oxygen atoms in total. The van der Waals surface area contributed by atoms with Gasteiger partial charge >= 0.3 is 0 Å². The third kappa shape index (κ3) is 4.41. The zero-order valence-electron chi connectivity index (χ0n) is 16.0. The van der Waals surface area contributed by atoms with Crippen molar-refractivity contribution < 1.29 is 9.90 Å². The fourth-order valence-electron chi connectivity index (χ4n) is 3.81. The lowest BCUT2D eigenvalue weighted by molar-refractivity contribution is 0.0790. The molecule has 1 heterocycles. The minimum Gasteiger partial charge on any atom is -0.393 e. The van der Waals surface area contributed by atoms with Crippen LogP contribution in [-0.2, 0) is 13.1 Å². The summed E-state index contributed by atoms with van der Waals surface area (Å²) in [5.41, 5.74) is 3.06. The Balaban J connectivity index is 1.42. The summed E-state index contributed by atoms with van der Waals surface area (Å²) in [5, 5.41) is 15.0. The van der Waals surface area contributed by atoms with Crippen LogP contribution in [0.4, 0.5) is 0 Å². The van der Waals surface area contributed by atoms with Gasteiger partial charge in [-0.25, -0.2) is 0 Å². The van der Waals surface area contributed by atoms with Crippen LogP contribution in [0.25, 0.3) is 10.8 Å². The van der Waals surface area contributed by atoms with E-state index in [9.17, 15) is 9.90 Å². The van der Waals surface area contributed by atoms with Gasteiger partial charge in [0, 0.05) is 31.7 Å². The number of aliphatic hydroxyl groups is 1. The standard InChI is InChI=1S/C24H26N2O2/c27-23-11-13-26(14-12-23)17-22-8-4-3-7-21(22)16-25-24(28)20-10-9-18-5-1-2-6-19(18)15-20/h1-10,15,23,27H,11-14,16-17H2,(H,25,28). The van der Waals surface area contributed by atoms with Gasteiger partial charge in [0.25, 0.3) is 5.91 Å². The Morgan fingerprint density at radius 3 is 2.39 bits per heavy atom. The summed E-state index contributed by atoms with van der Waals surface area (Å²) in [6.45, 7) is 3.20. The highest BCUT2D eigenvalue weighted by Gasteiger charge is 2.18. The van der Waals surface area contributed by atoms with E-state index in [4.69, 9.17) is 0 Å². The Hall–Kier alpha value is -2.69. The maximum absolute atomic E-state index is 12.6. The molecule has 0 aromatic heterocycles. The first kappa shape index (κ1) is 18.7. The van der Waals surface area contributed by atoms with Crippen molar-refractivity contribution in [2.75, 3.05) is 13.1 Å². The van der Waals surface area contributed by atoms with Crippen LogP contribution in [0, 0.1) is 0 Å². The summed E-state index contributed by atoms with van der Waals surface area (Å²) >= 11 is 0. The number of carbonyl (C=O) groups is 1. The van der Waals surface area contributed by atoms with E-state index in [1.54, 1.807) is 0 Å². The molecule has 2 N–H and O–H groups in total. The van der Waals surface area contributed by atoms with E-state index in [2.05, 4.69) is 22.3 Å². The minimum absolute atomic E-state index is 0.0540. The van der Waals surface area contributed by atoms with Crippen molar-refractivity contribution in [1.82, 2.24) is 10.2 Å². The molecule has 3 aromatic carbocycles. The number of hydrogen-bond donors (Lipinski definition) is 2. The van der Waals surface area contributed by atoms with Crippen molar-refractivity contribution in [3.63, 3.8) is 0 Å². The number of amides is 1. The van der Waals surface area contributed by atoms with Crippen molar-refractivity contribution in [2.45, 2.75) is 32.0 Å². The number of likely N-dealkylation sites (tertiary alicyclic amines) is 1. The molecular weight excluding hydrogens is 348 g/mol. The van der Waals surface area contributed by atoms with Crippen LogP contribution in [0.3, 0.4) is 0 Å². The van der Waals surface area contributed by atoms with E-state index >= 15 is 0 Å². The summed E-state index contributed by atoms with van der Waals surface area (Å²) in [4.78, 5) is 15.0. The fraction of sp³-hybridized carbons (Fsp3) is 0.292. The zero-order chi connectivity index (χ0) is 19.3. The Kier molecular flexibility index (Phi) is 5.70. The largest absolute Gasteiger partial charge is 0.393 e. The van der Waals surface area contributed by atoms with Crippen molar-refractivity contribution in [3.8, 4) is 0 Å². The van der Waals surface area contributed by atoms with Gasteiger partial charge in [0.05, 0.1) is 6.10 Å². The van der Waals surface area contributed by atoms with Gasteiger partial charge in [-0.05, 0) is 46.9 Å². The molecule has 1 aliphatic rings. The van der Waals surface area contributed by atoms with Gasteiger partial charge in [-0.1, -0.05) is 54.6 Å². The van der Waals surface area contributed by atoms with Gasteiger partial charge in [-0.2, -0.15) is 0 Å². The first-order chi connectivity index (χ1) is 13.7. The van der Waals surface area contributed by atoms with Crippen molar-refractivity contribution >= 4 is 16.7 Å². The molecule has 3 aromatic rings. The van der Waals surface area contributed by atoms with Crippen LogP contribution < -0.4 is 5.32 Å². The SMILES string of the molecule is O=C(NCc1ccccc1CN1CCC(O)CC1)c1ccc2ccccc2c1. The Morgan fingerprint density at radius 2 is 1.61 bits per heavy atom. The van der Waals surface area contributed by atoms with Crippen LogP contribution in [0.5, 0.6) is 0 Å². The molecule has 0 saturated carbocycles. The molecule has 1 saturated heterocycles. The van der Waals surface area contributed by atoms with Gasteiger partial charge in [0.1, 0.15) is 0 Å². The second kappa shape index (κ2) is 8.55. The first-order valence-electron chi connectivity index (χ1n) is 9.93. The maximum Gasteiger partial charge on any atom is 0.251 e. The number of rotatable bonds is 5. The second-order valence-corrected chi connectivity index (χ2v) is 7.52. The van der Waals surface area contributed by atoms with E-state index < -0.39 is 0 Å². The molecule has 0 aliphatic carbocycles. The summed E-state index contributed by atoms with van der Waals surface area (Å²) in [7, 11) is 0. The van der Waals surface area contributed by atoms with Gasteiger partial charge in [0.2, 0.25) is 0 Å². The number of carbonyl (C=O) groups excluding carboxylic acids is 1. The van der Waals surface area contributed by atoms with Gasteiger partial charge in [-0.3, -0.25) is 9.69 Å². The summed E-state index contributed by atoms with van der Waals surface area (Å²) in [6, 6.07) is 22.1.